The van der Waals surface area contributed by atoms with E-state index in [2.05, 4.69) is 33.2 Å². The second-order valence-corrected chi connectivity index (χ2v) is 8.11. The predicted molar refractivity (Wildman–Crippen MR) is 110 cm³/mol. The van der Waals surface area contributed by atoms with Gasteiger partial charge in [0.05, 0.1) is 30.9 Å². The lowest BCUT2D eigenvalue weighted by Crippen LogP contribution is -3.05. The van der Waals surface area contributed by atoms with Gasteiger partial charge in [-0.25, -0.2) is 4.98 Å². The molecule has 3 aromatic rings. The first-order valence-corrected chi connectivity index (χ1v) is 9.80. The number of amides is 1. The fourth-order valence-corrected chi connectivity index (χ4v) is 3.95. The Morgan fingerprint density at radius 3 is 2.46 bits per heavy atom. The molecule has 0 atom stereocenters. The number of carbonyl (C=O) groups excluding carboxylic acids is 1. The van der Waals surface area contributed by atoms with Gasteiger partial charge in [0.15, 0.2) is 5.13 Å². The molecule has 0 saturated carbocycles. The predicted octanol–water partition coefficient (Wildman–Crippen LogP) is 3.09. The molecular weight excluding hydrogens is 342 g/mol. The molecule has 1 aromatic heterocycles. The zero-order valence-electron chi connectivity index (χ0n) is 15.9. The third-order valence-electron chi connectivity index (χ3n) is 4.37. The molecular formula is C21H26N3OS+. The number of hydrogen-bond donors (Lipinski definition) is 1. The molecule has 2 aromatic carbocycles. The molecule has 0 aliphatic carbocycles. The van der Waals surface area contributed by atoms with E-state index in [0.29, 0.717) is 12.1 Å². The maximum atomic E-state index is 13.2. The summed E-state index contributed by atoms with van der Waals surface area (Å²) in [6.07, 6.45) is 0.939. The molecule has 0 fully saturated rings. The SMILES string of the molecule is Cc1ccc(C(=O)N(CCC[NH+](C)C)c2nc3ccc(C)cc3s2)cc1. The number of aromatic nitrogens is 1. The Labute approximate surface area is 159 Å². The highest BCUT2D eigenvalue weighted by Crippen LogP contribution is 2.30. The van der Waals surface area contributed by atoms with Crippen LogP contribution in [0.3, 0.4) is 0 Å². The molecule has 26 heavy (non-hydrogen) atoms. The summed E-state index contributed by atoms with van der Waals surface area (Å²) in [7, 11) is 4.26. The van der Waals surface area contributed by atoms with Gasteiger partial charge >= 0.3 is 0 Å². The minimum absolute atomic E-state index is 0.0227. The summed E-state index contributed by atoms with van der Waals surface area (Å²) in [5.74, 6) is 0.0227. The standard InChI is InChI=1S/C21H25N3OS/c1-15-6-9-17(10-7-15)20(25)24(13-5-12-23(3)4)21-22-18-11-8-16(2)14-19(18)26-21/h6-11,14H,5,12-13H2,1-4H3/p+1. The number of anilines is 1. The largest absolute Gasteiger partial charge is 0.340 e. The second kappa shape index (κ2) is 7.98. The van der Waals surface area contributed by atoms with Crippen LogP contribution in [0.15, 0.2) is 42.5 Å². The average Bonchev–Trinajstić information content (AvgIpc) is 3.01. The van der Waals surface area contributed by atoms with Crippen LogP contribution in [0.1, 0.15) is 27.9 Å². The van der Waals surface area contributed by atoms with Crippen molar-refractivity contribution in [2.75, 3.05) is 32.1 Å². The molecule has 136 valence electrons. The highest BCUT2D eigenvalue weighted by Gasteiger charge is 2.21. The molecule has 0 radical (unpaired) electrons. The maximum absolute atomic E-state index is 13.2. The van der Waals surface area contributed by atoms with Crippen molar-refractivity contribution in [2.45, 2.75) is 20.3 Å². The number of thiazole rings is 1. The Balaban J connectivity index is 1.92. The molecule has 1 heterocycles. The van der Waals surface area contributed by atoms with Crippen LogP contribution >= 0.6 is 11.3 Å². The molecule has 0 bridgehead atoms. The maximum Gasteiger partial charge on any atom is 0.260 e. The molecule has 1 N–H and O–H groups in total. The summed E-state index contributed by atoms with van der Waals surface area (Å²) < 4.78 is 1.12. The number of nitrogens with one attached hydrogen (secondary N) is 1. The zero-order chi connectivity index (χ0) is 18.7. The van der Waals surface area contributed by atoms with Gasteiger partial charge in [-0.1, -0.05) is 35.1 Å². The number of carbonyl (C=O) groups is 1. The summed E-state index contributed by atoms with van der Waals surface area (Å²) in [6.45, 7) is 5.80. The van der Waals surface area contributed by atoms with E-state index in [1.807, 2.05) is 42.2 Å². The van der Waals surface area contributed by atoms with Crippen LogP contribution in [0.2, 0.25) is 0 Å². The Morgan fingerprint density at radius 2 is 1.77 bits per heavy atom. The first-order valence-electron chi connectivity index (χ1n) is 8.99. The van der Waals surface area contributed by atoms with E-state index in [1.54, 1.807) is 11.3 Å². The van der Waals surface area contributed by atoms with Crippen LogP contribution in [0.25, 0.3) is 10.2 Å². The number of aryl methyl sites for hydroxylation is 2. The molecule has 4 nitrogen and oxygen atoms in total. The average molecular weight is 369 g/mol. The van der Waals surface area contributed by atoms with Gasteiger partial charge in [-0.05, 0) is 43.7 Å². The van der Waals surface area contributed by atoms with Crippen molar-refractivity contribution in [1.82, 2.24) is 4.98 Å². The molecule has 5 heteroatoms. The van der Waals surface area contributed by atoms with Crippen molar-refractivity contribution in [1.29, 1.82) is 0 Å². The van der Waals surface area contributed by atoms with Gasteiger partial charge in [-0.2, -0.15) is 0 Å². The minimum atomic E-state index is 0.0227. The van der Waals surface area contributed by atoms with Crippen LogP contribution in [0.5, 0.6) is 0 Å². The van der Waals surface area contributed by atoms with Gasteiger partial charge in [-0.3, -0.25) is 9.69 Å². The fraction of sp³-hybridized carbons (Fsp3) is 0.333. The summed E-state index contributed by atoms with van der Waals surface area (Å²) in [4.78, 5) is 21.1. The van der Waals surface area contributed by atoms with Gasteiger partial charge < -0.3 is 4.90 Å². The zero-order valence-corrected chi connectivity index (χ0v) is 16.7. The molecule has 1 amide bonds. The number of hydrogen-bond acceptors (Lipinski definition) is 3. The summed E-state index contributed by atoms with van der Waals surface area (Å²) >= 11 is 1.59. The van der Waals surface area contributed by atoms with Crippen LogP contribution < -0.4 is 9.80 Å². The Kier molecular flexibility index (Phi) is 5.69. The number of fused-ring (bicyclic) bond motifs is 1. The number of nitrogens with zero attached hydrogens (tertiary/aromatic N) is 2. The summed E-state index contributed by atoms with van der Waals surface area (Å²) in [5.41, 5.74) is 4.03. The Hall–Kier alpha value is -2.24. The van der Waals surface area contributed by atoms with Crippen molar-refractivity contribution in [3.8, 4) is 0 Å². The van der Waals surface area contributed by atoms with Crippen molar-refractivity contribution in [3.63, 3.8) is 0 Å². The molecule has 0 saturated heterocycles. The molecule has 0 aliphatic rings. The van der Waals surface area contributed by atoms with Gasteiger partial charge in [0, 0.05) is 18.5 Å². The molecule has 0 spiro atoms. The first kappa shape index (κ1) is 18.5. The lowest BCUT2D eigenvalue weighted by molar-refractivity contribution is -0.858. The number of quaternary nitrogens is 1. The van der Waals surface area contributed by atoms with Crippen LogP contribution in [0.4, 0.5) is 5.13 Å². The topological polar surface area (TPSA) is 37.6 Å². The highest BCUT2D eigenvalue weighted by atomic mass is 32.1. The third-order valence-corrected chi connectivity index (χ3v) is 5.41. The van der Waals surface area contributed by atoms with Gasteiger partial charge in [0.1, 0.15) is 0 Å². The van der Waals surface area contributed by atoms with E-state index < -0.39 is 0 Å². The fourth-order valence-electron chi connectivity index (χ4n) is 2.86. The Bertz CT molecular complexity index is 899. The lowest BCUT2D eigenvalue weighted by Gasteiger charge is -2.20. The smallest absolute Gasteiger partial charge is 0.260 e. The van der Waals surface area contributed by atoms with Gasteiger partial charge in [-0.15, -0.1) is 0 Å². The highest BCUT2D eigenvalue weighted by molar-refractivity contribution is 7.22. The third kappa shape index (κ3) is 4.29. The lowest BCUT2D eigenvalue weighted by atomic mass is 10.1. The van der Waals surface area contributed by atoms with Crippen molar-refractivity contribution in [3.05, 3.63) is 59.2 Å². The van der Waals surface area contributed by atoms with Crippen molar-refractivity contribution in [2.24, 2.45) is 0 Å². The summed E-state index contributed by atoms with van der Waals surface area (Å²) in [5, 5.41) is 0.782. The van der Waals surface area contributed by atoms with E-state index in [4.69, 9.17) is 4.98 Å². The normalized spacial score (nSPS) is 11.3. The molecule has 3 rings (SSSR count). The number of benzene rings is 2. The van der Waals surface area contributed by atoms with E-state index in [1.165, 1.54) is 10.5 Å². The van der Waals surface area contributed by atoms with Crippen LogP contribution in [-0.2, 0) is 0 Å². The monoisotopic (exact) mass is 368 g/mol. The van der Waals surface area contributed by atoms with E-state index in [0.717, 1.165) is 33.9 Å². The molecule has 0 unspecified atom stereocenters. The van der Waals surface area contributed by atoms with E-state index in [9.17, 15) is 4.79 Å². The van der Waals surface area contributed by atoms with Gasteiger partial charge in [0.25, 0.3) is 5.91 Å². The Morgan fingerprint density at radius 1 is 1.08 bits per heavy atom. The van der Waals surface area contributed by atoms with Crippen LogP contribution in [-0.4, -0.2) is 38.1 Å². The molecule has 0 aliphatic heterocycles. The number of rotatable bonds is 6. The van der Waals surface area contributed by atoms with E-state index in [-0.39, 0.29) is 5.91 Å². The van der Waals surface area contributed by atoms with Crippen LogP contribution in [0, 0.1) is 13.8 Å². The second-order valence-electron chi connectivity index (χ2n) is 7.10. The minimum Gasteiger partial charge on any atom is -0.340 e. The summed E-state index contributed by atoms with van der Waals surface area (Å²) in [6, 6.07) is 14.0. The van der Waals surface area contributed by atoms with E-state index >= 15 is 0 Å². The van der Waals surface area contributed by atoms with Crippen molar-refractivity contribution >= 4 is 32.6 Å². The van der Waals surface area contributed by atoms with Gasteiger partial charge in [0.2, 0.25) is 0 Å². The van der Waals surface area contributed by atoms with Crippen molar-refractivity contribution < 1.29 is 9.69 Å². The first-order chi connectivity index (χ1) is 12.4. The quantitative estimate of drug-likeness (QED) is 0.726.